The molecule has 2 aromatic carbocycles. The minimum Gasteiger partial charge on any atom is -0.494 e. The van der Waals surface area contributed by atoms with Crippen LogP contribution in [0, 0.1) is 0 Å². The van der Waals surface area contributed by atoms with Gasteiger partial charge in [-0.1, -0.05) is 29.3 Å². The van der Waals surface area contributed by atoms with Gasteiger partial charge in [-0.2, -0.15) is 0 Å². The molecule has 22 heavy (non-hydrogen) atoms. The predicted molar refractivity (Wildman–Crippen MR) is 88.5 cm³/mol. The van der Waals surface area contributed by atoms with Crippen molar-refractivity contribution in [2.24, 2.45) is 0 Å². The molecule has 0 saturated heterocycles. The average Bonchev–Trinajstić information content (AvgIpc) is 2.50. The van der Waals surface area contributed by atoms with Gasteiger partial charge in [0.15, 0.2) is 0 Å². The van der Waals surface area contributed by atoms with Crippen LogP contribution < -0.4 is 10.1 Å². The lowest BCUT2D eigenvalue weighted by Gasteiger charge is -2.12. The molecule has 0 heterocycles. The lowest BCUT2D eigenvalue weighted by Crippen LogP contribution is -2.11. The van der Waals surface area contributed by atoms with Gasteiger partial charge in [-0.3, -0.25) is 0 Å². The molecule has 6 heteroatoms. The molecule has 2 aromatic rings. The summed E-state index contributed by atoms with van der Waals surface area (Å²) >= 11 is 11.8. The Hall–Kier alpha value is -1.91. The van der Waals surface area contributed by atoms with Crippen LogP contribution in [0.5, 0.6) is 5.75 Å². The van der Waals surface area contributed by atoms with E-state index in [9.17, 15) is 4.79 Å². The number of rotatable bonds is 7. The van der Waals surface area contributed by atoms with Crippen LogP contribution in [0.25, 0.3) is 0 Å². The Bertz CT molecular complexity index is 644. The van der Waals surface area contributed by atoms with Gasteiger partial charge < -0.3 is 15.2 Å². The number of halogens is 2. The minimum atomic E-state index is -1.01. The van der Waals surface area contributed by atoms with Crippen LogP contribution in [0.2, 0.25) is 10.0 Å². The Morgan fingerprint density at radius 3 is 2.55 bits per heavy atom. The highest BCUT2D eigenvalue weighted by Gasteiger charge is 2.12. The van der Waals surface area contributed by atoms with E-state index in [1.165, 1.54) is 6.07 Å². The number of hydrogen-bond donors (Lipinski definition) is 2. The normalized spacial score (nSPS) is 10.3. The van der Waals surface area contributed by atoms with Crippen LogP contribution in [0.15, 0.2) is 42.5 Å². The maximum absolute atomic E-state index is 11.1. The monoisotopic (exact) mass is 339 g/mol. The highest BCUT2D eigenvalue weighted by molar-refractivity contribution is 6.34. The van der Waals surface area contributed by atoms with Crippen molar-refractivity contribution in [3.05, 3.63) is 58.1 Å². The highest BCUT2D eigenvalue weighted by atomic mass is 35.5. The standard InChI is InChI=1S/C16H15Cl2NO3/c17-11-5-7-12(8-6-11)22-10-2-9-19-15-13(16(20)21)3-1-4-14(15)18/h1,3-8,19H,2,9-10H2,(H,20,21). The number of para-hydroxylation sites is 1. The molecular weight excluding hydrogens is 325 g/mol. The largest absolute Gasteiger partial charge is 0.494 e. The maximum atomic E-state index is 11.1. The van der Waals surface area contributed by atoms with E-state index in [2.05, 4.69) is 5.32 Å². The zero-order valence-corrected chi connectivity index (χ0v) is 13.2. The predicted octanol–water partition coefficient (Wildman–Crippen LogP) is 4.57. The first-order chi connectivity index (χ1) is 10.6. The Morgan fingerprint density at radius 2 is 1.86 bits per heavy atom. The zero-order chi connectivity index (χ0) is 15.9. The van der Waals surface area contributed by atoms with Crippen molar-refractivity contribution in [1.82, 2.24) is 0 Å². The first-order valence-corrected chi connectivity index (χ1v) is 7.47. The number of anilines is 1. The molecule has 2 rings (SSSR count). The summed E-state index contributed by atoms with van der Waals surface area (Å²) in [6.07, 6.45) is 0.701. The van der Waals surface area contributed by atoms with Gasteiger partial charge >= 0.3 is 5.97 Å². The van der Waals surface area contributed by atoms with Crippen molar-refractivity contribution in [2.45, 2.75) is 6.42 Å². The first kappa shape index (κ1) is 16.5. The number of carboxylic acids is 1. The summed E-state index contributed by atoms with van der Waals surface area (Å²) in [5.41, 5.74) is 0.592. The second-order valence-electron chi connectivity index (χ2n) is 4.55. The molecule has 0 aliphatic heterocycles. The third-order valence-electron chi connectivity index (χ3n) is 2.95. The molecule has 4 nitrogen and oxygen atoms in total. The molecule has 0 aromatic heterocycles. The van der Waals surface area contributed by atoms with Crippen molar-refractivity contribution in [2.75, 3.05) is 18.5 Å². The summed E-state index contributed by atoms with van der Waals surface area (Å²) in [5, 5.41) is 13.2. The molecule has 0 amide bonds. The summed E-state index contributed by atoms with van der Waals surface area (Å²) in [7, 11) is 0. The van der Waals surface area contributed by atoms with Gasteiger partial charge in [0, 0.05) is 11.6 Å². The van der Waals surface area contributed by atoms with Gasteiger partial charge in [-0.05, 0) is 42.8 Å². The number of ether oxygens (including phenoxy) is 1. The topological polar surface area (TPSA) is 58.6 Å². The number of benzene rings is 2. The molecule has 0 saturated carbocycles. The van der Waals surface area contributed by atoms with Gasteiger partial charge in [-0.25, -0.2) is 4.79 Å². The van der Waals surface area contributed by atoms with E-state index in [0.717, 1.165) is 5.75 Å². The summed E-state index contributed by atoms with van der Waals surface area (Å²) in [4.78, 5) is 11.1. The van der Waals surface area contributed by atoms with E-state index in [1.807, 2.05) is 0 Å². The second-order valence-corrected chi connectivity index (χ2v) is 5.39. The van der Waals surface area contributed by atoms with Crippen molar-refractivity contribution >= 4 is 34.9 Å². The molecule has 116 valence electrons. The third-order valence-corrected chi connectivity index (χ3v) is 3.52. The first-order valence-electron chi connectivity index (χ1n) is 6.72. The lowest BCUT2D eigenvalue weighted by molar-refractivity contribution is 0.0698. The Kier molecular flexibility index (Phi) is 5.92. The number of carbonyl (C=O) groups is 1. The van der Waals surface area contributed by atoms with Crippen LogP contribution in [-0.2, 0) is 0 Å². The van der Waals surface area contributed by atoms with Crippen molar-refractivity contribution in [3.8, 4) is 5.75 Å². The van der Waals surface area contributed by atoms with E-state index in [0.29, 0.717) is 35.3 Å². The highest BCUT2D eigenvalue weighted by Crippen LogP contribution is 2.26. The van der Waals surface area contributed by atoms with Crippen molar-refractivity contribution in [3.63, 3.8) is 0 Å². The van der Waals surface area contributed by atoms with E-state index < -0.39 is 5.97 Å². The fraction of sp³-hybridized carbons (Fsp3) is 0.188. The molecule has 0 bridgehead atoms. The number of carboxylic acid groups (broad SMARTS) is 1. The van der Waals surface area contributed by atoms with Gasteiger partial charge in [0.05, 0.1) is 22.9 Å². The number of nitrogens with one attached hydrogen (secondary N) is 1. The van der Waals surface area contributed by atoms with Crippen LogP contribution in [0.3, 0.4) is 0 Å². The van der Waals surface area contributed by atoms with Crippen molar-refractivity contribution in [1.29, 1.82) is 0 Å². The van der Waals surface area contributed by atoms with Gasteiger partial charge in [-0.15, -0.1) is 0 Å². The van der Waals surface area contributed by atoms with E-state index in [4.69, 9.17) is 33.0 Å². The van der Waals surface area contributed by atoms with Crippen LogP contribution in [0.4, 0.5) is 5.69 Å². The minimum absolute atomic E-state index is 0.158. The Morgan fingerprint density at radius 1 is 1.14 bits per heavy atom. The average molecular weight is 340 g/mol. The smallest absolute Gasteiger partial charge is 0.337 e. The molecule has 0 unspecified atom stereocenters. The van der Waals surface area contributed by atoms with Crippen LogP contribution >= 0.6 is 23.2 Å². The summed E-state index contributed by atoms with van der Waals surface area (Å²) < 4.78 is 5.56. The van der Waals surface area contributed by atoms with Crippen LogP contribution in [0.1, 0.15) is 16.8 Å². The third kappa shape index (κ3) is 4.55. The molecular formula is C16H15Cl2NO3. The second kappa shape index (κ2) is 7.92. The van der Waals surface area contributed by atoms with Gasteiger partial charge in [0.2, 0.25) is 0 Å². The number of aromatic carboxylic acids is 1. The molecule has 0 fully saturated rings. The van der Waals surface area contributed by atoms with Crippen LogP contribution in [-0.4, -0.2) is 24.2 Å². The molecule has 0 aliphatic rings. The fourth-order valence-corrected chi connectivity index (χ4v) is 2.26. The van der Waals surface area contributed by atoms with E-state index in [1.54, 1.807) is 36.4 Å². The molecule has 0 radical (unpaired) electrons. The van der Waals surface area contributed by atoms with E-state index >= 15 is 0 Å². The SMILES string of the molecule is O=C(O)c1cccc(Cl)c1NCCCOc1ccc(Cl)cc1. The quantitative estimate of drug-likeness (QED) is 0.725. The molecule has 0 spiro atoms. The molecule has 2 N–H and O–H groups in total. The van der Waals surface area contributed by atoms with Gasteiger partial charge in [0.1, 0.15) is 5.75 Å². The zero-order valence-electron chi connectivity index (χ0n) is 11.7. The summed E-state index contributed by atoms with van der Waals surface area (Å²) in [6, 6.07) is 11.9. The summed E-state index contributed by atoms with van der Waals surface area (Å²) in [5.74, 6) is -0.268. The number of hydrogen-bond acceptors (Lipinski definition) is 3. The molecule has 0 aliphatic carbocycles. The van der Waals surface area contributed by atoms with Gasteiger partial charge in [0.25, 0.3) is 0 Å². The lowest BCUT2D eigenvalue weighted by atomic mass is 10.1. The Labute approximate surface area is 138 Å². The van der Waals surface area contributed by atoms with E-state index in [-0.39, 0.29) is 5.56 Å². The van der Waals surface area contributed by atoms with Crippen molar-refractivity contribution < 1.29 is 14.6 Å². The molecule has 0 atom stereocenters. The fourth-order valence-electron chi connectivity index (χ4n) is 1.89. The maximum Gasteiger partial charge on any atom is 0.337 e. The summed E-state index contributed by atoms with van der Waals surface area (Å²) in [6.45, 7) is 1.05. The Balaban J connectivity index is 1.82.